The van der Waals surface area contributed by atoms with Crippen LogP contribution in [0.2, 0.25) is 0 Å². The SMILES string of the molecule is COc1ccc(C(=O)Cc2cccc3cccc(O)c23)cc1. The molecule has 3 rings (SSSR count). The molecular formula is C19H16O3. The fraction of sp³-hybridized carbons (Fsp3) is 0.105. The van der Waals surface area contributed by atoms with Crippen molar-refractivity contribution in [2.75, 3.05) is 7.11 Å². The molecule has 0 unspecified atom stereocenters. The minimum atomic E-state index is 0.0124. The number of hydrogen-bond acceptors (Lipinski definition) is 3. The smallest absolute Gasteiger partial charge is 0.167 e. The second kappa shape index (κ2) is 5.90. The van der Waals surface area contributed by atoms with E-state index in [0.29, 0.717) is 5.56 Å². The minimum absolute atomic E-state index is 0.0124. The van der Waals surface area contributed by atoms with Gasteiger partial charge in [0, 0.05) is 17.4 Å². The van der Waals surface area contributed by atoms with Crippen molar-refractivity contribution in [3.05, 3.63) is 71.8 Å². The Morgan fingerprint density at radius 2 is 1.68 bits per heavy atom. The third-order valence-electron chi connectivity index (χ3n) is 3.73. The second-order valence-corrected chi connectivity index (χ2v) is 5.12. The van der Waals surface area contributed by atoms with Crippen LogP contribution in [0, 0.1) is 0 Å². The summed E-state index contributed by atoms with van der Waals surface area (Å²) in [4.78, 5) is 12.4. The third kappa shape index (κ3) is 2.66. The van der Waals surface area contributed by atoms with Crippen LogP contribution in [0.5, 0.6) is 11.5 Å². The van der Waals surface area contributed by atoms with Crippen LogP contribution in [-0.2, 0) is 6.42 Å². The van der Waals surface area contributed by atoms with Crippen molar-refractivity contribution in [1.82, 2.24) is 0 Å². The summed E-state index contributed by atoms with van der Waals surface area (Å²) in [6.07, 6.45) is 0.251. The highest BCUT2D eigenvalue weighted by atomic mass is 16.5. The zero-order chi connectivity index (χ0) is 15.5. The van der Waals surface area contributed by atoms with E-state index in [4.69, 9.17) is 4.74 Å². The number of hydrogen-bond donors (Lipinski definition) is 1. The average Bonchev–Trinajstić information content (AvgIpc) is 2.55. The molecule has 22 heavy (non-hydrogen) atoms. The van der Waals surface area contributed by atoms with E-state index in [-0.39, 0.29) is 18.0 Å². The molecule has 3 aromatic carbocycles. The molecule has 3 heteroatoms. The number of aromatic hydroxyl groups is 1. The van der Waals surface area contributed by atoms with E-state index in [9.17, 15) is 9.90 Å². The Morgan fingerprint density at radius 3 is 2.36 bits per heavy atom. The van der Waals surface area contributed by atoms with Gasteiger partial charge in [-0.25, -0.2) is 0 Å². The molecule has 0 aliphatic rings. The Bertz CT molecular complexity index is 814. The molecule has 0 radical (unpaired) electrons. The van der Waals surface area contributed by atoms with Crippen LogP contribution in [0.3, 0.4) is 0 Å². The molecule has 0 spiro atoms. The van der Waals surface area contributed by atoms with Crippen molar-refractivity contribution in [2.45, 2.75) is 6.42 Å². The highest BCUT2D eigenvalue weighted by molar-refractivity contribution is 6.01. The molecule has 0 aliphatic carbocycles. The van der Waals surface area contributed by atoms with Crippen LogP contribution in [0.25, 0.3) is 10.8 Å². The molecule has 0 bridgehead atoms. The number of Topliss-reactive ketones (excluding diaryl/α,β-unsaturated/α-hetero) is 1. The van der Waals surface area contributed by atoms with Gasteiger partial charge in [0.05, 0.1) is 7.11 Å². The van der Waals surface area contributed by atoms with Gasteiger partial charge in [-0.1, -0.05) is 30.3 Å². The topological polar surface area (TPSA) is 46.5 Å². The molecule has 3 nitrogen and oxygen atoms in total. The van der Waals surface area contributed by atoms with E-state index in [2.05, 4.69) is 0 Å². The van der Waals surface area contributed by atoms with E-state index in [0.717, 1.165) is 22.1 Å². The van der Waals surface area contributed by atoms with Crippen LogP contribution >= 0.6 is 0 Å². The van der Waals surface area contributed by atoms with E-state index in [1.165, 1.54) is 0 Å². The van der Waals surface area contributed by atoms with Crippen molar-refractivity contribution < 1.29 is 14.6 Å². The summed E-state index contributed by atoms with van der Waals surface area (Å²) in [5, 5.41) is 11.7. The number of ether oxygens (including phenoxy) is 1. The third-order valence-corrected chi connectivity index (χ3v) is 3.73. The molecule has 0 saturated heterocycles. The Balaban J connectivity index is 1.94. The van der Waals surface area contributed by atoms with Crippen LogP contribution in [-0.4, -0.2) is 18.0 Å². The Kier molecular flexibility index (Phi) is 3.79. The lowest BCUT2D eigenvalue weighted by Gasteiger charge is -2.08. The highest BCUT2D eigenvalue weighted by Crippen LogP contribution is 2.28. The number of phenols is 1. The molecule has 0 atom stereocenters. The van der Waals surface area contributed by atoms with E-state index < -0.39 is 0 Å². The van der Waals surface area contributed by atoms with E-state index in [1.54, 1.807) is 43.5 Å². The first-order chi connectivity index (χ1) is 10.7. The highest BCUT2D eigenvalue weighted by Gasteiger charge is 2.11. The van der Waals surface area contributed by atoms with Crippen LogP contribution in [0.15, 0.2) is 60.7 Å². The van der Waals surface area contributed by atoms with Gasteiger partial charge in [0.15, 0.2) is 5.78 Å². The first-order valence-corrected chi connectivity index (χ1v) is 7.06. The molecular weight excluding hydrogens is 276 g/mol. The monoisotopic (exact) mass is 292 g/mol. The average molecular weight is 292 g/mol. The predicted molar refractivity (Wildman–Crippen MR) is 86.6 cm³/mol. The van der Waals surface area contributed by atoms with Crippen LogP contribution in [0.1, 0.15) is 15.9 Å². The van der Waals surface area contributed by atoms with Gasteiger partial charge in [-0.3, -0.25) is 4.79 Å². The minimum Gasteiger partial charge on any atom is -0.507 e. The summed E-state index contributed by atoms with van der Waals surface area (Å²) in [5.41, 5.74) is 1.46. The first-order valence-electron chi connectivity index (χ1n) is 7.06. The molecule has 0 amide bonds. The molecule has 0 aromatic heterocycles. The van der Waals surface area contributed by atoms with Crippen LogP contribution < -0.4 is 4.74 Å². The second-order valence-electron chi connectivity index (χ2n) is 5.12. The lowest BCUT2D eigenvalue weighted by atomic mass is 9.97. The molecule has 0 aliphatic heterocycles. The summed E-state index contributed by atoms with van der Waals surface area (Å²) in [7, 11) is 1.59. The van der Waals surface area contributed by atoms with E-state index in [1.807, 2.05) is 24.3 Å². The van der Waals surface area contributed by atoms with Gasteiger partial charge in [0.2, 0.25) is 0 Å². The quantitative estimate of drug-likeness (QED) is 0.740. The van der Waals surface area contributed by atoms with Crippen molar-refractivity contribution in [1.29, 1.82) is 0 Å². The van der Waals surface area contributed by atoms with Gasteiger partial charge in [0.1, 0.15) is 11.5 Å². The number of ketones is 1. The lowest BCUT2D eigenvalue weighted by molar-refractivity contribution is 0.0993. The zero-order valence-electron chi connectivity index (χ0n) is 12.2. The van der Waals surface area contributed by atoms with Crippen molar-refractivity contribution in [3.8, 4) is 11.5 Å². The maximum absolute atomic E-state index is 12.4. The number of benzene rings is 3. The summed E-state index contributed by atoms with van der Waals surface area (Å²) >= 11 is 0. The zero-order valence-corrected chi connectivity index (χ0v) is 12.2. The number of fused-ring (bicyclic) bond motifs is 1. The van der Waals surface area contributed by atoms with Gasteiger partial charge in [0.25, 0.3) is 0 Å². The maximum Gasteiger partial charge on any atom is 0.167 e. The van der Waals surface area contributed by atoms with E-state index >= 15 is 0 Å². The number of carbonyl (C=O) groups is 1. The van der Waals surface area contributed by atoms with Crippen LogP contribution in [0.4, 0.5) is 0 Å². The first kappa shape index (κ1) is 14.1. The molecule has 1 N–H and O–H groups in total. The maximum atomic E-state index is 12.4. The van der Waals surface area contributed by atoms with Gasteiger partial charge in [-0.15, -0.1) is 0 Å². The number of phenolic OH excluding ortho intramolecular Hbond substituents is 1. The predicted octanol–water partition coefficient (Wildman–Crippen LogP) is 3.98. The fourth-order valence-electron chi connectivity index (χ4n) is 2.60. The number of carbonyl (C=O) groups excluding carboxylic acids is 1. The Labute approximate surface area is 128 Å². The summed E-state index contributed by atoms with van der Waals surface area (Å²) in [6, 6.07) is 18.1. The standard InChI is InChI=1S/C19H16O3/c1-22-16-10-8-13(9-11-16)18(21)12-15-6-2-4-14-5-3-7-17(20)19(14)15/h2-11,20H,12H2,1H3. The van der Waals surface area contributed by atoms with Crippen molar-refractivity contribution >= 4 is 16.6 Å². The fourth-order valence-corrected chi connectivity index (χ4v) is 2.60. The van der Waals surface area contributed by atoms with Gasteiger partial charge in [-0.2, -0.15) is 0 Å². The van der Waals surface area contributed by atoms with Gasteiger partial charge < -0.3 is 9.84 Å². The summed E-state index contributed by atoms with van der Waals surface area (Å²) in [6.45, 7) is 0. The van der Waals surface area contributed by atoms with Gasteiger partial charge in [-0.05, 0) is 41.3 Å². The lowest BCUT2D eigenvalue weighted by Crippen LogP contribution is -2.04. The number of methoxy groups -OCH3 is 1. The van der Waals surface area contributed by atoms with Gasteiger partial charge >= 0.3 is 0 Å². The van der Waals surface area contributed by atoms with Crippen molar-refractivity contribution in [2.24, 2.45) is 0 Å². The summed E-state index contributed by atoms with van der Waals surface area (Å²) < 4.78 is 5.10. The summed E-state index contributed by atoms with van der Waals surface area (Å²) in [5.74, 6) is 0.938. The largest absolute Gasteiger partial charge is 0.507 e. The number of rotatable bonds is 4. The molecule has 0 saturated carbocycles. The molecule has 0 heterocycles. The Hall–Kier alpha value is -2.81. The van der Waals surface area contributed by atoms with Crippen molar-refractivity contribution in [3.63, 3.8) is 0 Å². The normalized spacial score (nSPS) is 10.6. The Morgan fingerprint density at radius 1 is 1.00 bits per heavy atom. The molecule has 3 aromatic rings. The molecule has 0 fully saturated rings. The molecule has 110 valence electrons.